The van der Waals surface area contributed by atoms with Crippen LogP contribution in [-0.4, -0.2) is 41.3 Å². The van der Waals surface area contributed by atoms with Gasteiger partial charge in [-0.05, 0) is 112 Å². The molecule has 306 valence electrons. The number of rotatable bonds is 35. The summed E-state index contributed by atoms with van der Waals surface area (Å²) >= 11 is 16.6. The molecule has 7 nitrogen and oxygen atoms in total. The maximum Gasteiger partial charge on any atom is 0.410 e. The first-order valence-corrected chi connectivity index (χ1v) is 21.8. The zero-order valence-corrected chi connectivity index (χ0v) is 35.3. The van der Waals surface area contributed by atoms with Gasteiger partial charge in [-0.1, -0.05) is 140 Å². The Bertz CT molecular complexity index is 944. The molecule has 0 aromatic rings. The number of carbonyl (C=O) groups is 3. The third-order valence-electron chi connectivity index (χ3n) is 8.57. The van der Waals surface area contributed by atoms with E-state index in [1.807, 2.05) is 0 Å². The summed E-state index contributed by atoms with van der Waals surface area (Å²) in [6, 6.07) is -0.929. The molecule has 53 heavy (non-hydrogen) atoms. The van der Waals surface area contributed by atoms with Crippen LogP contribution >= 0.6 is 34.8 Å². The smallest absolute Gasteiger partial charge is 0.410 e. The molecule has 1 amide bonds. The minimum absolute atomic E-state index is 0.239. The monoisotopic (exact) mass is 803 g/mol. The Morgan fingerprint density at radius 2 is 0.849 bits per heavy atom. The topological polar surface area (TPSA) is 90.9 Å². The fourth-order valence-corrected chi connectivity index (χ4v) is 5.76. The van der Waals surface area contributed by atoms with Crippen LogP contribution in [-0.2, 0) is 23.8 Å². The summed E-state index contributed by atoms with van der Waals surface area (Å²) in [7, 11) is 0. The minimum Gasteiger partial charge on any atom is -0.466 e. The second-order valence-corrected chi connectivity index (χ2v) is 15.9. The predicted molar refractivity (Wildman–Crippen MR) is 224 cm³/mol. The van der Waals surface area contributed by atoms with E-state index in [1.54, 1.807) is 0 Å². The van der Waals surface area contributed by atoms with E-state index in [2.05, 4.69) is 72.5 Å². The van der Waals surface area contributed by atoms with Gasteiger partial charge in [0.2, 0.25) is 0 Å². The molecular formula is C43H72Cl3NO6. The Morgan fingerprint density at radius 1 is 0.509 bits per heavy atom. The highest BCUT2D eigenvalue weighted by molar-refractivity contribution is 6.66. The highest BCUT2D eigenvalue weighted by Gasteiger charge is 2.28. The summed E-state index contributed by atoms with van der Waals surface area (Å²) in [5.41, 5.74) is 0. The van der Waals surface area contributed by atoms with Gasteiger partial charge in [0, 0.05) is 0 Å². The Balaban J connectivity index is 4.14. The molecule has 0 aliphatic heterocycles. The molecular weight excluding hydrogens is 733 g/mol. The summed E-state index contributed by atoms with van der Waals surface area (Å²) in [5, 5.41) is 2.42. The number of hydrogen-bond acceptors (Lipinski definition) is 6. The van der Waals surface area contributed by atoms with Crippen LogP contribution in [0, 0.1) is 0 Å². The van der Waals surface area contributed by atoms with E-state index in [-0.39, 0.29) is 26.1 Å². The van der Waals surface area contributed by atoms with E-state index in [0.717, 1.165) is 77.0 Å². The van der Waals surface area contributed by atoms with Gasteiger partial charge in [-0.3, -0.25) is 9.59 Å². The van der Waals surface area contributed by atoms with E-state index in [0.29, 0.717) is 0 Å². The first kappa shape index (κ1) is 51.0. The normalized spacial score (nSPS) is 12.2. The largest absolute Gasteiger partial charge is 0.466 e. The van der Waals surface area contributed by atoms with Crippen molar-refractivity contribution < 1.29 is 28.6 Å². The summed E-state index contributed by atoms with van der Waals surface area (Å²) < 4.78 is 13.1. The van der Waals surface area contributed by atoms with Crippen LogP contribution in [0.5, 0.6) is 0 Å². The lowest BCUT2D eigenvalue weighted by Gasteiger charge is -2.19. The number of allylic oxidation sites excluding steroid dienone is 8. The summed E-state index contributed by atoms with van der Waals surface area (Å²) in [6.07, 6.45) is 43.5. The molecule has 0 heterocycles. The Labute approximate surface area is 338 Å². The molecule has 0 fully saturated rings. The number of alkyl halides is 3. The highest BCUT2D eigenvalue weighted by atomic mass is 35.6. The van der Waals surface area contributed by atoms with Crippen molar-refractivity contribution >= 4 is 52.8 Å². The van der Waals surface area contributed by atoms with Crippen molar-refractivity contribution in [1.82, 2.24) is 5.32 Å². The van der Waals surface area contributed by atoms with Crippen LogP contribution in [0.2, 0.25) is 0 Å². The van der Waals surface area contributed by atoms with Gasteiger partial charge in [0.25, 0.3) is 0 Å². The number of alkyl carbamates (subject to hydrolysis) is 1. The molecule has 0 unspecified atom stereocenters. The quantitative estimate of drug-likeness (QED) is 0.0226. The molecule has 0 aliphatic carbocycles. The van der Waals surface area contributed by atoms with Crippen molar-refractivity contribution in [2.75, 3.05) is 13.2 Å². The van der Waals surface area contributed by atoms with E-state index in [1.165, 1.54) is 77.0 Å². The van der Waals surface area contributed by atoms with Gasteiger partial charge >= 0.3 is 22.0 Å². The van der Waals surface area contributed by atoms with Crippen LogP contribution < -0.4 is 5.32 Å². The zero-order valence-electron chi connectivity index (χ0n) is 33.1. The van der Waals surface area contributed by atoms with Crippen LogP contribution in [0.25, 0.3) is 0 Å². The average molecular weight is 805 g/mol. The van der Waals surface area contributed by atoms with Gasteiger partial charge in [-0.15, -0.1) is 0 Å². The van der Waals surface area contributed by atoms with Gasteiger partial charge in [-0.2, -0.15) is 0 Å². The minimum atomic E-state index is -2.28. The Kier molecular flexibility index (Phi) is 36.9. The van der Waals surface area contributed by atoms with Crippen molar-refractivity contribution in [3.05, 3.63) is 48.6 Å². The second kappa shape index (κ2) is 38.3. The van der Waals surface area contributed by atoms with E-state index in [9.17, 15) is 14.4 Å². The predicted octanol–water partition coefficient (Wildman–Crippen LogP) is 13.9. The van der Waals surface area contributed by atoms with Crippen LogP contribution in [0.15, 0.2) is 48.6 Å². The van der Waals surface area contributed by atoms with Crippen LogP contribution in [0.3, 0.4) is 0 Å². The van der Waals surface area contributed by atoms with Crippen molar-refractivity contribution in [3.63, 3.8) is 0 Å². The molecule has 0 spiro atoms. The third-order valence-corrected chi connectivity index (χ3v) is 8.80. The van der Waals surface area contributed by atoms with Gasteiger partial charge in [0.1, 0.15) is 0 Å². The zero-order chi connectivity index (χ0) is 39.1. The SMILES string of the molecule is CCCCC/C=C\C/C=C\CCCCCCCCOC(=O)CC(CC(=O)OCCCCCCCC/C=C\C/C=C\CCCCC)NC(=O)OC(Cl)(Cl)Cl. The van der Waals surface area contributed by atoms with E-state index in [4.69, 9.17) is 44.3 Å². The lowest BCUT2D eigenvalue weighted by molar-refractivity contribution is -0.146. The molecule has 0 bridgehead atoms. The molecule has 0 radical (unpaired) electrons. The Morgan fingerprint density at radius 3 is 1.21 bits per heavy atom. The second-order valence-electron chi connectivity index (χ2n) is 13.7. The molecule has 0 aliphatic rings. The lowest BCUT2D eigenvalue weighted by Crippen LogP contribution is -2.40. The Hall–Kier alpha value is -1.96. The molecule has 0 aromatic carbocycles. The number of hydrogen-bond donors (Lipinski definition) is 1. The van der Waals surface area contributed by atoms with Crippen LogP contribution in [0.4, 0.5) is 4.79 Å². The first-order chi connectivity index (χ1) is 25.7. The molecule has 10 heteroatoms. The van der Waals surface area contributed by atoms with Crippen molar-refractivity contribution in [2.45, 2.75) is 191 Å². The number of amides is 1. The molecule has 0 aromatic heterocycles. The van der Waals surface area contributed by atoms with Crippen molar-refractivity contribution in [3.8, 4) is 0 Å². The maximum atomic E-state index is 12.5. The standard InChI is InChI=1S/C43H72Cl3NO6/c1-3-5-7-9-11-13-15-17-19-21-23-25-27-29-31-33-35-51-40(48)37-39(47-42(50)53-43(44,45)46)38-41(49)52-36-34-32-30-28-26-24-22-20-18-16-14-12-10-8-6-4-2/h11-14,17-20,39H,3-10,15-16,21-38H2,1-2H3,(H,47,50)/b13-11-,14-12-,19-17-,20-18-. The molecule has 0 saturated carbocycles. The third kappa shape index (κ3) is 41.1. The number of ether oxygens (including phenoxy) is 3. The fourth-order valence-electron chi connectivity index (χ4n) is 5.55. The highest BCUT2D eigenvalue weighted by Crippen LogP contribution is 2.27. The first-order valence-electron chi connectivity index (χ1n) is 20.6. The summed E-state index contributed by atoms with van der Waals surface area (Å²) in [4.78, 5) is 37.2. The van der Waals surface area contributed by atoms with Gasteiger partial charge in [-0.25, -0.2) is 4.79 Å². The number of unbranched alkanes of at least 4 members (excludes halogenated alkanes) is 18. The van der Waals surface area contributed by atoms with Crippen molar-refractivity contribution in [1.29, 1.82) is 0 Å². The number of nitrogens with one attached hydrogen (secondary N) is 1. The maximum absolute atomic E-state index is 12.5. The molecule has 0 atom stereocenters. The van der Waals surface area contributed by atoms with E-state index < -0.39 is 28.1 Å². The number of halogens is 3. The van der Waals surface area contributed by atoms with Gasteiger partial charge < -0.3 is 19.5 Å². The molecule has 1 N–H and O–H groups in total. The number of esters is 2. The number of carbonyl (C=O) groups excluding carboxylic acids is 3. The van der Waals surface area contributed by atoms with Gasteiger partial charge in [0.05, 0.1) is 32.1 Å². The van der Waals surface area contributed by atoms with Crippen molar-refractivity contribution in [2.24, 2.45) is 0 Å². The molecule has 0 saturated heterocycles. The summed E-state index contributed by atoms with van der Waals surface area (Å²) in [6.45, 7) is 5.00. The van der Waals surface area contributed by atoms with E-state index >= 15 is 0 Å². The van der Waals surface area contributed by atoms with Gasteiger partial charge in [0.15, 0.2) is 0 Å². The lowest BCUT2D eigenvalue weighted by atomic mass is 10.1. The summed E-state index contributed by atoms with van der Waals surface area (Å²) in [5.74, 6) is -1.07. The van der Waals surface area contributed by atoms with Crippen LogP contribution in [0.1, 0.15) is 181 Å². The average Bonchev–Trinajstić information content (AvgIpc) is 3.10. The fraction of sp³-hybridized carbons (Fsp3) is 0.744. The molecule has 0 rings (SSSR count).